The molecule has 1 heterocycles. The highest BCUT2D eigenvalue weighted by Crippen LogP contribution is 2.26. The number of ether oxygens (including phenoxy) is 4. The van der Waals surface area contributed by atoms with Gasteiger partial charge in [-0.05, 0) is 46.9 Å². The van der Waals surface area contributed by atoms with Gasteiger partial charge in [0.2, 0.25) is 0 Å². The molecule has 0 aromatic heterocycles. The summed E-state index contributed by atoms with van der Waals surface area (Å²) in [7, 11) is 1.58. The van der Waals surface area contributed by atoms with Gasteiger partial charge in [0, 0.05) is 19.5 Å². The second-order valence-electron chi connectivity index (χ2n) is 8.51. The van der Waals surface area contributed by atoms with Crippen LogP contribution in [0.1, 0.15) is 29.2 Å². The number of fused-ring (bicyclic) bond motifs is 3. The summed E-state index contributed by atoms with van der Waals surface area (Å²) in [6.07, 6.45) is 1.74. The minimum atomic E-state index is -0.105. The summed E-state index contributed by atoms with van der Waals surface area (Å²) in [6, 6.07) is 22.1. The van der Waals surface area contributed by atoms with Crippen LogP contribution in [0.4, 0.5) is 0 Å². The van der Waals surface area contributed by atoms with E-state index in [1.807, 2.05) is 24.3 Å². The summed E-state index contributed by atoms with van der Waals surface area (Å²) < 4.78 is 23.0. The van der Waals surface area contributed by atoms with Crippen LogP contribution in [0.25, 0.3) is 0 Å². The Kier molecular flexibility index (Phi) is 8.63. The lowest BCUT2D eigenvalue weighted by Crippen LogP contribution is -2.37. The molecule has 1 amide bonds. The molecule has 0 unspecified atom stereocenters. The largest absolute Gasteiger partial charge is 0.493 e. The van der Waals surface area contributed by atoms with Crippen LogP contribution in [0, 0.1) is 0 Å². The van der Waals surface area contributed by atoms with E-state index in [1.54, 1.807) is 18.1 Å². The zero-order chi connectivity index (χ0) is 24.5. The number of para-hydroxylation sites is 2. The predicted octanol–water partition coefficient (Wildman–Crippen LogP) is 4.67. The Hall–Kier alpha value is -3.51. The van der Waals surface area contributed by atoms with Gasteiger partial charge in [-0.3, -0.25) is 4.79 Å². The van der Waals surface area contributed by atoms with Crippen molar-refractivity contribution >= 4 is 5.91 Å². The van der Waals surface area contributed by atoms with Gasteiger partial charge in [0.15, 0.2) is 18.1 Å². The number of hydrogen-bond donors (Lipinski definition) is 0. The molecule has 0 N–H and O–H groups in total. The third kappa shape index (κ3) is 6.76. The zero-order valence-corrected chi connectivity index (χ0v) is 20.5. The van der Waals surface area contributed by atoms with Gasteiger partial charge in [0.05, 0.1) is 20.3 Å². The average Bonchev–Trinajstić information content (AvgIpc) is 2.89. The molecule has 6 nitrogen and oxygen atoms in total. The van der Waals surface area contributed by atoms with Crippen LogP contribution < -0.4 is 14.2 Å². The lowest BCUT2D eigenvalue weighted by Gasteiger charge is -2.24. The molecule has 0 saturated heterocycles. The SMILES string of the molecule is CCc1ccc2c(c1)Cc1cccc(c1)CN(C(=O)COc1ccccc1OC)CCOCCO2. The van der Waals surface area contributed by atoms with Crippen LogP contribution in [0.15, 0.2) is 66.7 Å². The molecule has 35 heavy (non-hydrogen) atoms. The molecule has 0 aliphatic carbocycles. The maximum Gasteiger partial charge on any atom is 0.260 e. The number of methoxy groups -OCH3 is 1. The Morgan fingerprint density at radius 1 is 0.943 bits per heavy atom. The van der Waals surface area contributed by atoms with E-state index in [0.717, 1.165) is 29.7 Å². The first-order valence-corrected chi connectivity index (χ1v) is 12.1. The van der Waals surface area contributed by atoms with Gasteiger partial charge < -0.3 is 23.8 Å². The van der Waals surface area contributed by atoms with E-state index < -0.39 is 0 Å². The number of benzene rings is 3. The average molecular weight is 476 g/mol. The van der Waals surface area contributed by atoms with Gasteiger partial charge in [-0.2, -0.15) is 0 Å². The molecule has 6 heteroatoms. The number of amides is 1. The van der Waals surface area contributed by atoms with Crippen molar-refractivity contribution in [2.24, 2.45) is 0 Å². The van der Waals surface area contributed by atoms with E-state index in [-0.39, 0.29) is 12.5 Å². The molecular formula is C29H33NO5. The van der Waals surface area contributed by atoms with Gasteiger partial charge in [0.25, 0.3) is 5.91 Å². The monoisotopic (exact) mass is 475 g/mol. The van der Waals surface area contributed by atoms with Crippen molar-refractivity contribution in [3.05, 3.63) is 89.0 Å². The standard InChI is InChI=1S/C29H33NO5/c1-3-22-11-12-26-25(18-22)19-23-7-6-8-24(17-23)20-30(13-14-33-15-16-34-26)29(31)21-35-28-10-5-4-9-27(28)32-2/h4-12,17-18H,3,13-16,19-21H2,1-2H3. The number of hydrogen-bond acceptors (Lipinski definition) is 5. The number of nitrogens with zero attached hydrogens (tertiary/aromatic N) is 1. The highest BCUT2D eigenvalue weighted by atomic mass is 16.5. The molecule has 4 rings (SSSR count). The molecule has 0 fully saturated rings. The highest BCUT2D eigenvalue weighted by molar-refractivity contribution is 5.78. The second kappa shape index (κ2) is 12.3. The Bertz CT molecular complexity index is 1130. The topological polar surface area (TPSA) is 57.2 Å². The number of rotatable bonds is 5. The Morgan fingerprint density at radius 2 is 1.77 bits per heavy atom. The molecule has 0 radical (unpaired) electrons. The fourth-order valence-corrected chi connectivity index (χ4v) is 4.16. The quantitative estimate of drug-likeness (QED) is 0.537. The second-order valence-corrected chi connectivity index (χ2v) is 8.51. The van der Waals surface area contributed by atoms with E-state index in [4.69, 9.17) is 18.9 Å². The Morgan fingerprint density at radius 3 is 2.60 bits per heavy atom. The maximum absolute atomic E-state index is 13.1. The van der Waals surface area contributed by atoms with Crippen LogP contribution in [-0.4, -0.2) is 50.9 Å². The van der Waals surface area contributed by atoms with Crippen molar-refractivity contribution in [2.75, 3.05) is 40.1 Å². The Labute approximate surface area is 207 Å². The summed E-state index contributed by atoms with van der Waals surface area (Å²) in [5.74, 6) is 1.94. The number of carbonyl (C=O) groups is 1. The van der Waals surface area contributed by atoms with Gasteiger partial charge in [-0.1, -0.05) is 55.5 Å². The minimum Gasteiger partial charge on any atom is -0.493 e. The number of aryl methyl sites for hydroxylation is 1. The van der Waals surface area contributed by atoms with Crippen LogP contribution in [0.2, 0.25) is 0 Å². The van der Waals surface area contributed by atoms with Gasteiger partial charge in [0.1, 0.15) is 12.4 Å². The molecule has 0 spiro atoms. The van der Waals surface area contributed by atoms with E-state index in [2.05, 4.69) is 43.3 Å². The first-order chi connectivity index (χ1) is 17.2. The van der Waals surface area contributed by atoms with Crippen molar-refractivity contribution in [3.63, 3.8) is 0 Å². The van der Waals surface area contributed by atoms with Gasteiger partial charge in [-0.15, -0.1) is 0 Å². The van der Waals surface area contributed by atoms with Crippen LogP contribution in [0.3, 0.4) is 0 Å². The van der Waals surface area contributed by atoms with E-state index in [9.17, 15) is 4.79 Å². The third-order valence-corrected chi connectivity index (χ3v) is 6.06. The van der Waals surface area contributed by atoms with E-state index in [1.165, 1.54) is 11.1 Å². The summed E-state index contributed by atoms with van der Waals surface area (Å²) in [5, 5.41) is 0. The predicted molar refractivity (Wildman–Crippen MR) is 135 cm³/mol. The smallest absolute Gasteiger partial charge is 0.260 e. The molecule has 0 atom stereocenters. The first kappa shape index (κ1) is 24.6. The summed E-state index contributed by atoms with van der Waals surface area (Å²) in [5.41, 5.74) is 4.70. The molecule has 1 aliphatic rings. The Balaban J connectivity index is 1.52. The third-order valence-electron chi connectivity index (χ3n) is 6.06. The van der Waals surface area contributed by atoms with Crippen LogP contribution >= 0.6 is 0 Å². The van der Waals surface area contributed by atoms with Gasteiger partial charge >= 0.3 is 0 Å². The van der Waals surface area contributed by atoms with E-state index in [0.29, 0.717) is 44.4 Å². The van der Waals surface area contributed by atoms with Crippen LogP contribution in [-0.2, 0) is 28.9 Å². The lowest BCUT2D eigenvalue weighted by molar-refractivity contribution is -0.134. The molecule has 184 valence electrons. The fourth-order valence-electron chi connectivity index (χ4n) is 4.16. The normalized spacial score (nSPS) is 14.3. The maximum atomic E-state index is 13.1. The lowest BCUT2D eigenvalue weighted by atomic mass is 9.99. The fraction of sp³-hybridized carbons (Fsp3) is 0.345. The summed E-state index contributed by atoms with van der Waals surface area (Å²) in [6.45, 7) is 4.38. The van der Waals surface area contributed by atoms with Gasteiger partial charge in [-0.25, -0.2) is 0 Å². The highest BCUT2D eigenvalue weighted by Gasteiger charge is 2.17. The molecule has 3 aromatic rings. The summed E-state index contributed by atoms with van der Waals surface area (Å²) in [4.78, 5) is 14.9. The zero-order valence-electron chi connectivity index (χ0n) is 20.5. The van der Waals surface area contributed by atoms with Crippen molar-refractivity contribution in [3.8, 4) is 17.2 Å². The molecular weight excluding hydrogens is 442 g/mol. The van der Waals surface area contributed by atoms with Crippen LogP contribution in [0.5, 0.6) is 17.2 Å². The molecule has 0 saturated carbocycles. The van der Waals surface area contributed by atoms with E-state index >= 15 is 0 Å². The van der Waals surface area contributed by atoms with Crippen molar-refractivity contribution < 1.29 is 23.7 Å². The molecule has 2 bridgehead atoms. The van der Waals surface area contributed by atoms with Crippen molar-refractivity contribution in [1.82, 2.24) is 4.90 Å². The summed E-state index contributed by atoms with van der Waals surface area (Å²) >= 11 is 0. The first-order valence-electron chi connectivity index (χ1n) is 12.1. The number of carbonyl (C=O) groups excluding carboxylic acids is 1. The molecule has 3 aromatic carbocycles. The van der Waals surface area contributed by atoms with Crippen molar-refractivity contribution in [1.29, 1.82) is 0 Å². The minimum absolute atomic E-state index is 0.0731. The molecule has 1 aliphatic heterocycles. The van der Waals surface area contributed by atoms with Crippen molar-refractivity contribution in [2.45, 2.75) is 26.3 Å².